The molecule has 1 N–H and O–H groups in total. The van der Waals surface area contributed by atoms with E-state index < -0.39 is 0 Å². The maximum Gasteiger partial charge on any atom is 0.147 e. The fraction of sp³-hybridized carbons (Fsp3) is 0.278. The van der Waals surface area contributed by atoms with E-state index in [1.807, 2.05) is 35.1 Å². The number of aromatic nitrogens is 2. The first-order valence-electron chi connectivity index (χ1n) is 7.89. The molecule has 1 saturated heterocycles. The van der Waals surface area contributed by atoms with Crippen molar-refractivity contribution in [2.24, 2.45) is 7.05 Å². The van der Waals surface area contributed by atoms with Crippen LogP contribution >= 0.6 is 0 Å². The van der Waals surface area contributed by atoms with Crippen molar-refractivity contribution in [3.8, 4) is 0 Å². The van der Waals surface area contributed by atoms with E-state index in [0.717, 1.165) is 30.3 Å². The van der Waals surface area contributed by atoms with Gasteiger partial charge in [-0.3, -0.25) is 4.68 Å². The molecule has 1 unspecified atom stereocenters. The number of halogens is 1. The Kier molecular flexibility index (Phi) is 3.50. The minimum Gasteiger partial charge on any atom is -0.305 e. The zero-order valence-electron chi connectivity index (χ0n) is 13.0. The van der Waals surface area contributed by atoms with Gasteiger partial charge in [0.1, 0.15) is 5.82 Å². The first-order chi connectivity index (χ1) is 11.2. The van der Waals surface area contributed by atoms with Crippen LogP contribution in [0.3, 0.4) is 0 Å². The van der Waals surface area contributed by atoms with Gasteiger partial charge in [-0.1, -0.05) is 18.2 Å². The third-order valence-electron chi connectivity index (χ3n) is 4.48. The number of nitrogens with zero attached hydrogens (tertiary/aromatic N) is 3. The van der Waals surface area contributed by atoms with Crippen LogP contribution in [0.5, 0.6) is 0 Å². The second-order valence-corrected chi connectivity index (χ2v) is 6.08. The summed E-state index contributed by atoms with van der Waals surface area (Å²) in [6.45, 7) is 0.820. The number of nitrogens with one attached hydrogen (secondary N) is 1. The molecule has 118 valence electrons. The van der Waals surface area contributed by atoms with Gasteiger partial charge in [0.25, 0.3) is 0 Å². The van der Waals surface area contributed by atoms with Gasteiger partial charge in [0, 0.05) is 25.0 Å². The first-order valence-corrected chi connectivity index (χ1v) is 7.89. The Bertz CT molecular complexity index is 842. The minimum absolute atomic E-state index is 0.183. The van der Waals surface area contributed by atoms with Gasteiger partial charge in [-0.2, -0.15) is 5.10 Å². The molecule has 3 aromatic rings. The van der Waals surface area contributed by atoms with Crippen molar-refractivity contribution < 1.29 is 4.39 Å². The molecule has 1 atom stereocenters. The van der Waals surface area contributed by atoms with Gasteiger partial charge in [-0.05, 0) is 42.7 Å². The van der Waals surface area contributed by atoms with E-state index in [-0.39, 0.29) is 5.82 Å². The van der Waals surface area contributed by atoms with Crippen LogP contribution in [0, 0.1) is 5.82 Å². The summed E-state index contributed by atoms with van der Waals surface area (Å²) in [6.07, 6.45) is 3.82. The Morgan fingerprint density at radius 3 is 3.00 bits per heavy atom. The number of aryl methyl sites for hydroxylation is 1. The lowest BCUT2D eigenvalue weighted by molar-refractivity contribution is 0.573. The third kappa shape index (κ3) is 2.68. The summed E-state index contributed by atoms with van der Waals surface area (Å²) in [5, 5.41) is 7.36. The smallest absolute Gasteiger partial charge is 0.147 e. The van der Waals surface area contributed by atoms with Crippen LogP contribution in [0.25, 0.3) is 10.9 Å². The number of rotatable bonds is 3. The maximum absolute atomic E-state index is 13.9. The molecule has 5 heteroatoms. The number of benzene rings is 2. The normalized spacial score (nSPS) is 18.0. The number of anilines is 1. The van der Waals surface area contributed by atoms with Gasteiger partial charge < -0.3 is 5.01 Å². The van der Waals surface area contributed by atoms with Crippen molar-refractivity contribution in [1.29, 1.82) is 0 Å². The highest BCUT2D eigenvalue weighted by Gasteiger charge is 2.23. The van der Waals surface area contributed by atoms with Gasteiger partial charge in [0.05, 0.1) is 17.4 Å². The largest absolute Gasteiger partial charge is 0.305 e. The first kappa shape index (κ1) is 14.2. The number of fused-ring (bicyclic) bond motifs is 1. The van der Waals surface area contributed by atoms with Crippen LogP contribution in [0.15, 0.2) is 48.7 Å². The standard InChI is InChI=1S/C18H19FN4/c1-22-17-7-6-13(10-14(17)12-20-22)11-15-8-9-23(21-15)18-5-3-2-4-16(18)19/h2-7,10,12,15,21H,8-9,11H2,1H3. The second kappa shape index (κ2) is 5.66. The van der Waals surface area contributed by atoms with Gasteiger partial charge in [-0.15, -0.1) is 0 Å². The molecule has 0 saturated carbocycles. The van der Waals surface area contributed by atoms with Crippen molar-refractivity contribution in [1.82, 2.24) is 15.2 Å². The van der Waals surface area contributed by atoms with E-state index in [0.29, 0.717) is 11.7 Å². The fourth-order valence-electron chi connectivity index (χ4n) is 3.27. The Morgan fingerprint density at radius 2 is 2.13 bits per heavy atom. The molecule has 0 aliphatic carbocycles. The van der Waals surface area contributed by atoms with Crippen LogP contribution in [0.4, 0.5) is 10.1 Å². The molecule has 4 rings (SSSR count). The number of para-hydroxylation sites is 1. The van der Waals surface area contributed by atoms with Crippen molar-refractivity contribution in [3.63, 3.8) is 0 Å². The highest BCUT2D eigenvalue weighted by atomic mass is 19.1. The van der Waals surface area contributed by atoms with E-state index in [1.165, 1.54) is 11.6 Å². The van der Waals surface area contributed by atoms with E-state index in [2.05, 4.69) is 28.7 Å². The van der Waals surface area contributed by atoms with Crippen LogP contribution < -0.4 is 10.4 Å². The molecule has 0 spiro atoms. The zero-order valence-corrected chi connectivity index (χ0v) is 13.0. The van der Waals surface area contributed by atoms with Gasteiger partial charge >= 0.3 is 0 Å². The van der Waals surface area contributed by atoms with Gasteiger partial charge in [-0.25, -0.2) is 9.82 Å². The number of hydrazine groups is 1. The lowest BCUT2D eigenvalue weighted by atomic mass is 10.0. The molecule has 0 bridgehead atoms. The van der Waals surface area contributed by atoms with Crippen molar-refractivity contribution in [3.05, 3.63) is 60.0 Å². The molecule has 4 nitrogen and oxygen atoms in total. The molecule has 1 aliphatic rings. The Morgan fingerprint density at radius 1 is 1.26 bits per heavy atom. The summed E-state index contributed by atoms with van der Waals surface area (Å²) in [4.78, 5) is 0. The zero-order chi connectivity index (χ0) is 15.8. The second-order valence-electron chi connectivity index (χ2n) is 6.08. The summed E-state index contributed by atoms with van der Waals surface area (Å²) in [5.74, 6) is -0.183. The predicted molar refractivity (Wildman–Crippen MR) is 89.7 cm³/mol. The topological polar surface area (TPSA) is 33.1 Å². The summed E-state index contributed by atoms with van der Waals surface area (Å²) in [5.41, 5.74) is 6.46. The maximum atomic E-state index is 13.9. The predicted octanol–water partition coefficient (Wildman–Crippen LogP) is 3.04. The molecule has 1 aromatic heterocycles. The van der Waals surface area contributed by atoms with Gasteiger partial charge in [0.2, 0.25) is 0 Å². The van der Waals surface area contributed by atoms with Crippen LogP contribution in [0.1, 0.15) is 12.0 Å². The Labute approximate surface area is 134 Å². The minimum atomic E-state index is -0.183. The average Bonchev–Trinajstić information content (AvgIpc) is 3.15. The Balaban J connectivity index is 1.48. The summed E-state index contributed by atoms with van der Waals surface area (Å²) >= 11 is 0. The van der Waals surface area contributed by atoms with E-state index >= 15 is 0 Å². The molecular formula is C18H19FN4. The molecule has 1 aliphatic heterocycles. The molecule has 0 radical (unpaired) electrons. The van der Waals surface area contributed by atoms with E-state index in [1.54, 1.807) is 6.07 Å². The van der Waals surface area contributed by atoms with Crippen LogP contribution in [-0.4, -0.2) is 22.4 Å². The summed E-state index contributed by atoms with van der Waals surface area (Å²) in [7, 11) is 1.95. The van der Waals surface area contributed by atoms with Crippen molar-refractivity contribution >= 4 is 16.6 Å². The highest BCUT2D eigenvalue weighted by molar-refractivity contribution is 5.79. The van der Waals surface area contributed by atoms with Crippen LogP contribution in [0.2, 0.25) is 0 Å². The molecule has 2 aromatic carbocycles. The fourth-order valence-corrected chi connectivity index (χ4v) is 3.27. The summed E-state index contributed by atoms with van der Waals surface area (Å²) < 4.78 is 15.8. The molecule has 0 amide bonds. The van der Waals surface area contributed by atoms with Crippen molar-refractivity contribution in [2.75, 3.05) is 11.6 Å². The monoisotopic (exact) mass is 310 g/mol. The molecular weight excluding hydrogens is 291 g/mol. The highest BCUT2D eigenvalue weighted by Crippen LogP contribution is 2.23. The van der Waals surface area contributed by atoms with E-state index in [4.69, 9.17) is 0 Å². The van der Waals surface area contributed by atoms with Crippen molar-refractivity contribution in [2.45, 2.75) is 18.9 Å². The summed E-state index contributed by atoms with van der Waals surface area (Å²) in [6, 6.07) is 13.7. The average molecular weight is 310 g/mol. The molecule has 1 fully saturated rings. The van der Waals surface area contributed by atoms with Gasteiger partial charge in [0.15, 0.2) is 0 Å². The molecule has 2 heterocycles. The lowest BCUT2D eigenvalue weighted by Gasteiger charge is -2.20. The quantitative estimate of drug-likeness (QED) is 0.807. The van der Waals surface area contributed by atoms with Crippen LogP contribution in [-0.2, 0) is 13.5 Å². The lowest BCUT2D eigenvalue weighted by Crippen LogP contribution is -2.37. The Hall–Kier alpha value is -2.40. The third-order valence-corrected chi connectivity index (χ3v) is 4.48. The van der Waals surface area contributed by atoms with E-state index in [9.17, 15) is 4.39 Å². The number of hydrogen-bond acceptors (Lipinski definition) is 3. The molecule has 23 heavy (non-hydrogen) atoms. The SMILES string of the molecule is Cn1ncc2cc(CC3CCN(c4ccccc4F)N3)ccc21. The number of hydrogen-bond donors (Lipinski definition) is 1.